The average Bonchev–Trinajstić information content (AvgIpc) is 2.36. The lowest BCUT2D eigenvalue weighted by Gasteiger charge is -2.21. The van der Waals surface area contributed by atoms with E-state index in [1.54, 1.807) is 53.3 Å². The first-order chi connectivity index (χ1) is 8.86. The molecule has 1 aromatic rings. The van der Waals surface area contributed by atoms with Gasteiger partial charge in [0, 0.05) is 25.7 Å². The summed E-state index contributed by atoms with van der Waals surface area (Å²) >= 11 is 0. The largest absolute Gasteiger partial charge is 0.497 e. The van der Waals surface area contributed by atoms with Crippen LogP contribution in [0.3, 0.4) is 0 Å². The topological polar surface area (TPSA) is 59.0 Å². The van der Waals surface area contributed by atoms with Crippen molar-refractivity contribution in [2.75, 3.05) is 21.2 Å². The fourth-order valence-electron chi connectivity index (χ4n) is 1.69. The van der Waals surface area contributed by atoms with Gasteiger partial charge in [-0.3, -0.25) is 4.79 Å². The van der Waals surface area contributed by atoms with Crippen LogP contribution in [0.25, 0.3) is 0 Å². The van der Waals surface area contributed by atoms with Gasteiger partial charge in [0.15, 0.2) is 6.10 Å². The number of amides is 1. The van der Waals surface area contributed by atoms with E-state index in [1.165, 1.54) is 4.90 Å². The van der Waals surface area contributed by atoms with Crippen LogP contribution in [0.15, 0.2) is 18.2 Å². The van der Waals surface area contributed by atoms with Crippen molar-refractivity contribution >= 4 is 5.91 Å². The molecule has 0 spiro atoms. The molecule has 0 aliphatic heterocycles. The lowest BCUT2D eigenvalue weighted by molar-refractivity contribution is -0.135. The average molecular weight is 267 g/mol. The quantitative estimate of drug-likeness (QED) is 0.880. The highest BCUT2D eigenvalue weighted by molar-refractivity contribution is 5.80. The predicted octanol–water partition coefficient (Wildman–Crippen LogP) is 1.60. The molecule has 1 N–H and O–H groups in total. The van der Waals surface area contributed by atoms with Crippen LogP contribution in [0, 0.1) is 0 Å². The van der Waals surface area contributed by atoms with Crippen molar-refractivity contribution in [3.8, 4) is 11.5 Å². The summed E-state index contributed by atoms with van der Waals surface area (Å²) in [6.07, 6.45) is -1.30. The Hall–Kier alpha value is -1.75. The van der Waals surface area contributed by atoms with Crippen molar-refractivity contribution in [3.63, 3.8) is 0 Å². The zero-order chi connectivity index (χ0) is 14.6. The smallest absolute Gasteiger partial charge is 0.262 e. The van der Waals surface area contributed by atoms with E-state index in [0.29, 0.717) is 17.1 Å². The third-order valence-electron chi connectivity index (χ3n) is 2.76. The second kappa shape index (κ2) is 6.43. The summed E-state index contributed by atoms with van der Waals surface area (Å²) in [5.41, 5.74) is 0.624. The molecule has 1 amide bonds. The Balaban J connectivity index is 3.00. The minimum absolute atomic E-state index is 0.139. The molecular formula is C14H21NO4. The fraction of sp³-hybridized carbons (Fsp3) is 0.500. The standard InChI is InChI=1S/C14H21NO4/c1-9(16)12-7-6-11(18-5)8-13(12)19-10(2)14(17)15(3)4/h6-10,16H,1-5H3/t9-,10?/m1/s1. The van der Waals surface area contributed by atoms with E-state index in [9.17, 15) is 9.90 Å². The van der Waals surface area contributed by atoms with Gasteiger partial charge in [-0.05, 0) is 26.0 Å². The van der Waals surface area contributed by atoms with Gasteiger partial charge in [-0.25, -0.2) is 0 Å². The van der Waals surface area contributed by atoms with Crippen LogP contribution in [0.1, 0.15) is 25.5 Å². The lowest BCUT2D eigenvalue weighted by atomic mass is 10.1. The molecule has 0 bridgehead atoms. The van der Waals surface area contributed by atoms with E-state index in [1.807, 2.05) is 0 Å². The van der Waals surface area contributed by atoms with E-state index in [4.69, 9.17) is 9.47 Å². The maximum Gasteiger partial charge on any atom is 0.262 e. The summed E-state index contributed by atoms with van der Waals surface area (Å²) in [4.78, 5) is 13.3. The molecule has 106 valence electrons. The zero-order valence-electron chi connectivity index (χ0n) is 12.0. The maximum absolute atomic E-state index is 11.8. The van der Waals surface area contributed by atoms with Crippen LogP contribution in [-0.2, 0) is 4.79 Å². The van der Waals surface area contributed by atoms with E-state index in [0.717, 1.165) is 0 Å². The van der Waals surface area contributed by atoms with Crippen molar-refractivity contribution in [1.82, 2.24) is 4.90 Å². The molecule has 5 heteroatoms. The number of carbonyl (C=O) groups is 1. The Morgan fingerprint density at radius 3 is 2.42 bits per heavy atom. The number of methoxy groups -OCH3 is 1. The van der Waals surface area contributed by atoms with Gasteiger partial charge in [-0.2, -0.15) is 0 Å². The second-order valence-electron chi connectivity index (χ2n) is 4.57. The fourth-order valence-corrected chi connectivity index (χ4v) is 1.69. The molecule has 0 fully saturated rings. The third-order valence-corrected chi connectivity index (χ3v) is 2.76. The predicted molar refractivity (Wildman–Crippen MR) is 72.4 cm³/mol. The van der Waals surface area contributed by atoms with Gasteiger partial charge in [0.25, 0.3) is 5.91 Å². The lowest BCUT2D eigenvalue weighted by Crippen LogP contribution is -2.35. The molecule has 0 saturated carbocycles. The van der Waals surface area contributed by atoms with Crippen LogP contribution in [-0.4, -0.2) is 43.2 Å². The van der Waals surface area contributed by atoms with E-state index >= 15 is 0 Å². The van der Waals surface area contributed by atoms with Crippen LogP contribution < -0.4 is 9.47 Å². The SMILES string of the molecule is COc1ccc([C@@H](C)O)c(OC(C)C(=O)N(C)C)c1. The first-order valence-electron chi connectivity index (χ1n) is 6.10. The number of aliphatic hydroxyl groups is 1. The molecule has 0 heterocycles. The molecule has 0 aliphatic carbocycles. The highest BCUT2D eigenvalue weighted by Gasteiger charge is 2.19. The number of nitrogens with zero attached hydrogens (tertiary/aromatic N) is 1. The Bertz CT molecular complexity index is 443. The molecule has 1 rings (SSSR count). The van der Waals surface area contributed by atoms with Gasteiger partial charge < -0.3 is 19.5 Å². The molecule has 0 aliphatic rings. The Morgan fingerprint density at radius 1 is 1.32 bits per heavy atom. The Labute approximate surface area is 113 Å². The van der Waals surface area contributed by atoms with Gasteiger partial charge >= 0.3 is 0 Å². The van der Waals surface area contributed by atoms with Crippen molar-refractivity contribution < 1.29 is 19.4 Å². The normalized spacial score (nSPS) is 13.6. The van der Waals surface area contributed by atoms with Crippen LogP contribution in [0.4, 0.5) is 0 Å². The van der Waals surface area contributed by atoms with Gasteiger partial charge in [0.1, 0.15) is 11.5 Å². The summed E-state index contributed by atoms with van der Waals surface area (Å²) in [5, 5.41) is 9.71. The van der Waals surface area contributed by atoms with Crippen LogP contribution >= 0.6 is 0 Å². The Morgan fingerprint density at radius 2 is 1.95 bits per heavy atom. The van der Waals surface area contributed by atoms with Crippen molar-refractivity contribution in [3.05, 3.63) is 23.8 Å². The maximum atomic E-state index is 11.8. The molecule has 1 unspecified atom stereocenters. The number of hydrogen-bond acceptors (Lipinski definition) is 4. The molecule has 0 radical (unpaired) electrons. The number of carbonyl (C=O) groups excluding carboxylic acids is 1. The molecule has 2 atom stereocenters. The third kappa shape index (κ3) is 3.86. The van der Waals surface area contributed by atoms with Gasteiger partial charge in [-0.15, -0.1) is 0 Å². The first-order valence-corrected chi connectivity index (χ1v) is 6.10. The number of aliphatic hydroxyl groups excluding tert-OH is 1. The highest BCUT2D eigenvalue weighted by atomic mass is 16.5. The molecule has 0 saturated heterocycles. The van der Waals surface area contributed by atoms with E-state index in [-0.39, 0.29) is 5.91 Å². The van der Waals surface area contributed by atoms with Crippen molar-refractivity contribution in [2.45, 2.75) is 26.1 Å². The number of likely N-dealkylation sites (N-methyl/N-ethyl adjacent to an activating group) is 1. The molecule has 0 aromatic heterocycles. The number of rotatable bonds is 5. The first kappa shape index (κ1) is 15.3. The number of hydrogen-bond donors (Lipinski definition) is 1. The minimum Gasteiger partial charge on any atom is -0.497 e. The van der Waals surface area contributed by atoms with E-state index in [2.05, 4.69) is 0 Å². The highest BCUT2D eigenvalue weighted by Crippen LogP contribution is 2.30. The molecule has 19 heavy (non-hydrogen) atoms. The van der Waals surface area contributed by atoms with Crippen molar-refractivity contribution in [1.29, 1.82) is 0 Å². The van der Waals surface area contributed by atoms with Crippen LogP contribution in [0.5, 0.6) is 11.5 Å². The number of ether oxygens (including phenoxy) is 2. The van der Waals surface area contributed by atoms with Crippen LogP contribution in [0.2, 0.25) is 0 Å². The minimum atomic E-state index is -0.678. The van der Waals surface area contributed by atoms with Crippen molar-refractivity contribution in [2.24, 2.45) is 0 Å². The summed E-state index contributed by atoms with van der Waals surface area (Å²) in [7, 11) is 4.89. The summed E-state index contributed by atoms with van der Waals surface area (Å²) < 4.78 is 10.8. The summed E-state index contributed by atoms with van der Waals surface area (Å²) in [5.74, 6) is 0.931. The van der Waals surface area contributed by atoms with Gasteiger partial charge in [-0.1, -0.05) is 0 Å². The van der Waals surface area contributed by atoms with E-state index < -0.39 is 12.2 Å². The second-order valence-corrected chi connectivity index (χ2v) is 4.57. The summed E-state index contributed by atoms with van der Waals surface area (Å²) in [6, 6.07) is 5.14. The molecular weight excluding hydrogens is 246 g/mol. The zero-order valence-corrected chi connectivity index (χ0v) is 12.0. The number of benzene rings is 1. The Kier molecular flexibility index (Phi) is 5.18. The summed E-state index contributed by atoms with van der Waals surface area (Å²) in [6.45, 7) is 3.32. The van der Waals surface area contributed by atoms with Gasteiger partial charge in [0.2, 0.25) is 0 Å². The monoisotopic (exact) mass is 267 g/mol. The molecule has 1 aromatic carbocycles. The molecule has 5 nitrogen and oxygen atoms in total. The van der Waals surface area contributed by atoms with Gasteiger partial charge in [0.05, 0.1) is 13.2 Å².